The summed E-state index contributed by atoms with van der Waals surface area (Å²) in [5.74, 6) is -1.25. The molecule has 0 fully saturated rings. The molecule has 0 aliphatic rings. The van der Waals surface area contributed by atoms with E-state index in [1.54, 1.807) is 0 Å². The molecule has 3 aromatic rings. The highest BCUT2D eigenvalue weighted by Crippen LogP contribution is 2.33. The van der Waals surface area contributed by atoms with Gasteiger partial charge in [-0.1, -0.05) is 47.5 Å². The second kappa shape index (κ2) is 7.73. The average molecular weight is 405 g/mol. The summed E-state index contributed by atoms with van der Waals surface area (Å²) in [7, 11) is 1.41. The van der Waals surface area contributed by atoms with Crippen molar-refractivity contribution in [3.05, 3.63) is 69.7 Å². The fraction of sp³-hybridized carbons (Fsp3) is 0.0526. The van der Waals surface area contributed by atoms with E-state index in [0.717, 1.165) is 10.8 Å². The largest absolute Gasteiger partial charge is 0.507 e. The maximum Gasteiger partial charge on any atom is 0.273 e. The second-order valence-corrected chi connectivity index (χ2v) is 6.41. The standard InChI is InChI=1S/C19H14Cl2N2O4/c1-27-17-14(20)7-12(8-15(17)21)18(25)22-23-19(26)13-6-10-4-2-3-5-11(10)9-16(13)24/h2-9,24H,1H3,(H,22,25)(H,23,26). The molecule has 6 nitrogen and oxygen atoms in total. The Morgan fingerprint density at radius 3 is 2.07 bits per heavy atom. The third-order valence-corrected chi connectivity index (χ3v) is 4.42. The van der Waals surface area contributed by atoms with Crippen molar-refractivity contribution in [1.29, 1.82) is 0 Å². The maximum atomic E-state index is 12.3. The molecule has 138 valence electrons. The number of hydrogen-bond acceptors (Lipinski definition) is 4. The fourth-order valence-electron chi connectivity index (χ4n) is 2.55. The molecule has 0 unspecified atom stereocenters. The molecule has 0 spiro atoms. The van der Waals surface area contributed by atoms with E-state index in [0.29, 0.717) is 0 Å². The van der Waals surface area contributed by atoms with Gasteiger partial charge < -0.3 is 9.84 Å². The van der Waals surface area contributed by atoms with Crippen molar-refractivity contribution in [1.82, 2.24) is 10.9 Å². The number of aromatic hydroxyl groups is 1. The molecular weight excluding hydrogens is 391 g/mol. The number of carbonyl (C=O) groups excluding carboxylic acids is 2. The van der Waals surface area contributed by atoms with Gasteiger partial charge in [0.1, 0.15) is 5.75 Å². The van der Waals surface area contributed by atoms with Gasteiger partial charge >= 0.3 is 0 Å². The summed E-state index contributed by atoms with van der Waals surface area (Å²) in [5, 5.41) is 12.0. The van der Waals surface area contributed by atoms with Crippen LogP contribution in [0.5, 0.6) is 11.5 Å². The summed E-state index contributed by atoms with van der Waals surface area (Å²) in [6, 6.07) is 13.0. The first-order chi connectivity index (χ1) is 12.9. The zero-order valence-electron chi connectivity index (χ0n) is 14.0. The molecule has 3 rings (SSSR count). The smallest absolute Gasteiger partial charge is 0.273 e. The number of phenolic OH excluding ortho intramolecular Hbond substituents is 1. The topological polar surface area (TPSA) is 87.7 Å². The Hall–Kier alpha value is -2.96. The Morgan fingerprint density at radius 2 is 1.48 bits per heavy atom. The summed E-state index contributed by atoms with van der Waals surface area (Å²) in [4.78, 5) is 24.6. The van der Waals surface area contributed by atoms with Gasteiger partial charge in [-0.2, -0.15) is 0 Å². The number of amides is 2. The van der Waals surface area contributed by atoms with Gasteiger partial charge in [0.25, 0.3) is 11.8 Å². The van der Waals surface area contributed by atoms with Crippen LogP contribution in [0.25, 0.3) is 10.8 Å². The van der Waals surface area contributed by atoms with Crippen LogP contribution < -0.4 is 15.6 Å². The molecule has 0 aliphatic heterocycles. The molecule has 0 saturated carbocycles. The summed E-state index contributed by atoms with van der Waals surface area (Å²) in [5.41, 5.74) is 4.67. The lowest BCUT2D eigenvalue weighted by Gasteiger charge is -2.11. The van der Waals surface area contributed by atoms with Crippen molar-refractivity contribution in [3.8, 4) is 11.5 Å². The molecule has 0 aliphatic carbocycles. The number of benzene rings is 3. The molecule has 0 atom stereocenters. The first-order valence-electron chi connectivity index (χ1n) is 7.76. The van der Waals surface area contributed by atoms with Crippen LogP contribution in [0.4, 0.5) is 0 Å². The van der Waals surface area contributed by atoms with Crippen molar-refractivity contribution in [2.75, 3.05) is 7.11 Å². The lowest BCUT2D eigenvalue weighted by molar-refractivity contribution is 0.0845. The minimum atomic E-state index is -0.669. The van der Waals surface area contributed by atoms with Crippen molar-refractivity contribution in [2.24, 2.45) is 0 Å². The van der Waals surface area contributed by atoms with Gasteiger partial charge in [0.2, 0.25) is 0 Å². The summed E-state index contributed by atoms with van der Waals surface area (Å²) < 4.78 is 5.02. The van der Waals surface area contributed by atoms with Crippen LogP contribution in [-0.2, 0) is 0 Å². The Labute approximate surface area is 164 Å². The average Bonchev–Trinajstić information content (AvgIpc) is 2.65. The molecule has 0 saturated heterocycles. The fourth-order valence-corrected chi connectivity index (χ4v) is 3.19. The SMILES string of the molecule is COc1c(Cl)cc(C(=O)NNC(=O)c2cc3ccccc3cc2O)cc1Cl. The van der Waals surface area contributed by atoms with Gasteiger partial charge in [0.15, 0.2) is 5.75 Å². The number of nitrogens with one attached hydrogen (secondary N) is 2. The van der Waals surface area contributed by atoms with Crippen molar-refractivity contribution < 1.29 is 19.4 Å². The van der Waals surface area contributed by atoms with Crippen LogP contribution in [0.2, 0.25) is 10.0 Å². The first-order valence-corrected chi connectivity index (χ1v) is 8.51. The molecule has 3 N–H and O–H groups in total. The number of rotatable bonds is 3. The highest BCUT2D eigenvalue weighted by atomic mass is 35.5. The minimum absolute atomic E-state index is 0.0276. The van der Waals surface area contributed by atoms with E-state index >= 15 is 0 Å². The van der Waals surface area contributed by atoms with Crippen LogP contribution in [-0.4, -0.2) is 24.0 Å². The Bertz CT molecular complexity index is 1030. The number of phenols is 1. The number of fused-ring (bicyclic) bond motifs is 1. The number of carbonyl (C=O) groups is 2. The van der Waals surface area contributed by atoms with E-state index in [2.05, 4.69) is 10.9 Å². The lowest BCUT2D eigenvalue weighted by Crippen LogP contribution is -2.41. The predicted molar refractivity (Wildman–Crippen MR) is 104 cm³/mol. The van der Waals surface area contributed by atoms with E-state index in [1.165, 1.54) is 31.4 Å². The number of hydrogen-bond donors (Lipinski definition) is 3. The highest BCUT2D eigenvalue weighted by molar-refractivity contribution is 6.37. The molecule has 0 aromatic heterocycles. The molecule has 0 bridgehead atoms. The third kappa shape index (κ3) is 3.92. The molecular formula is C19H14Cl2N2O4. The molecule has 8 heteroatoms. The molecule has 0 heterocycles. The van der Waals surface area contributed by atoms with Gasteiger partial charge in [0.05, 0.1) is 22.7 Å². The van der Waals surface area contributed by atoms with E-state index in [1.807, 2.05) is 24.3 Å². The van der Waals surface area contributed by atoms with Gasteiger partial charge in [-0.05, 0) is 35.0 Å². The van der Waals surface area contributed by atoms with Crippen molar-refractivity contribution >= 4 is 45.8 Å². The number of ether oxygens (including phenoxy) is 1. The quantitative estimate of drug-likeness (QED) is 0.577. The predicted octanol–water partition coefficient (Wildman–Crippen LogP) is 3.94. The van der Waals surface area contributed by atoms with Crippen LogP contribution in [0, 0.1) is 0 Å². The highest BCUT2D eigenvalue weighted by Gasteiger charge is 2.16. The Morgan fingerprint density at radius 1 is 0.926 bits per heavy atom. The zero-order chi connectivity index (χ0) is 19.6. The van der Waals surface area contributed by atoms with E-state index < -0.39 is 11.8 Å². The molecule has 27 heavy (non-hydrogen) atoms. The number of methoxy groups -OCH3 is 1. The normalized spacial score (nSPS) is 10.5. The van der Waals surface area contributed by atoms with Gasteiger partial charge in [0, 0.05) is 5.56 Å². The van der Waals surface area contributed by atoms with E-state index in [4.69, 9.17) is 27.9 Å². The minimum Gasteiger partial charge on any atom is -0.507 e. The van der Waals surface area contributed by atoms with Crippen LogP contribution in [0.15, 0.2) is 48.5 Å². The third-order valence-electron chi connectivity index (χ3n) is 3.86. The summed E-state index contributed by atoms with van der Waals surface area (Å²) in [6.07, 6.45) is 0. The number of hydrazine groups is 1. The Kier molecular flexibility index (Phi) is 5.39. The maximum absolute atomic E-state index is 12.3. The zero-order valence-corrected chi connectivity index (χ0v) is 15.6. The van der Waals surface area contributed by atoms with Gasteiger partial charge in [-0.15, -0.1) is 0 Å². The van der Waals surface area contributed by atoms with Crippen LogP contribution in [0.3, 0.4) is 0 Å². The van der Waals surface area contributed by atoms with Crippen LogP contribution in [0.1, 0.15) is 20.7 Å². The monoisotopic (exact) mass is 404 g/mol. The first kappa shape index (κ1) is 18.8. The van der Waals surface area contributed by atoms with Gasteiger partial charge in [-0.25, -0.2) is 0 Å². The lowest BCUT2D eigenvalue weighted by atomic mass is 10.1. The molecule has 3 aromatic carbocycles. The second-order valence-electron chi connectivity index (χ2n) is 5.60. The summed E-state index contributed by atoms with van der Waals surface area (Å²) >= 11 is 12.0. The number of halogens is 2. The molecule has 0 radical (unpaired) electrons. The van der Waals surface area contributed by atoms with Gasteiger partial charge in [-0.3, -0.25) is 20.4 Å². The van der Waals surface area contributed by atoms with E-state index in [-0.39, 0.29) is 32.7 Å². The van der Waals surface area contributed by atoms with Crippen LogP contribution >= 0.6 is 23.2 Å². The molecule has 2 amide bonds. The van der Waals surface area contributed by atoms with Crippen molar-refractivity contribution in [3.63, 3.8) is 0 Å². The Balaban J connectivity index is 1.76. The summed E-state index contributed by atoms with van der Waals surface area (Å²) in [6.45, 7) is 0. The van der Waals surface area contributed by atoms with E-state index in [9.17, 15) is 14.7 Å². The van der Waals surface area contributed by atoms with Crippen molar-refractivity contribution in [2.45, 2.75) is 0 Å².